The number of carbonyl (C=O) groups is 1. The monoisotopic (exact) mass is 420 g/mol. The highest BCUT2D eigenvalue weighted by Crippen LogP contribution is 2.34. The first kappa shape index (κ1) is 20.8. The van der Waals surface area contributed by atoms with Crippen molar-refractivity contribution in [3.8, 4) is 0 Å². The number of carbonyl (C=O) groups excluding carboxylic acids is 1. The number of aryl methyl sites for hydroxylation is 2. The highest BCUT2D eigenvalue weighted by Gasteiger charge is 2.27. The lowest BCUT2D eigenvalue weighted by Crippen LogP contribution is -2.40. The summed E-state index contributed by atoms with van der Waals surface area (Å²) >= 11 is 6.17. The van der Waals surface area contributed by atoms with Gasteiger partial charge in [-0.15, -0.1) is 0 Å². The normalized spacial score (nSPS) is 14.7. The van der Waals surface area contributed by atoms with Gasteiger partial charge in [0, 0.05) is 22.7 Å². The average molecular weight is 421 g/mol. The number of rotatable bonds is 3. The molecule has 0 saturated carbocycles. The van der Waals surface area contributed by atoms with E-state index < -0.39 is 15.6 Å². The van der Waals surface area contributed by atoms with Crippen molar-refractivity contribution in [2.75, 3.05) is 11.4 Å². The van der Waals surface area contributed by atoms with E-state index in [1.54, 1.807) is 37.8 Å². The summed E-state index contributed by atoms with van der Waals surface area (Å²) in [5.41, 5.74) is 2.81. The van der Waals surface area contributed by atoms with Crippen LogP contribution in [0, 0.1) is 6.92 Å². The molecule has 0 atom stereocenters. The van der Waals surface area contributed by atoms with Gasteiger partial charge in [-0.25, -0.2) is 13.1 Å². The number of hydrogen-bond acceptors (Lipinski definition) is 3. The van der Waals surface area contributed by atoms with Crippen LogP contribution in [0.3, 0.4) is 0 Å². The summed E-state index contributed by atoms with van der Waals surface area (Å²) in [5.74, 6) is -0.140. The Hall–Kier alpha value is -1.89. The minimum Gasteiger partial charge on any atom is -0.308 e. The lowest BCUT2D eigenvalue weighted by atomic mass is 9.97. The Balaban J connectivity index is 1.90. The second-order valence-corrected chi connectivity index (χ2v) is 10.3. The van der Waals surface area contributed by atoms with Gasteiger partial charge >= 0.3 is 0 Å². The van der Waals surface area contributed by atoms with Gasteiger partial charge in [0.25, 0.3) is 5.91 Å². The first-order chi connectivity index (χ1) is 13.0. The standard InChI is InChI=1S/C21H25ClN2O3S/c1-14-12-17(22)13-16-6-5-11-24(19(14)16)20(25)15-7-9-18(10-8-15)28(26,27)23-21(2,3)4/h7-10,12-13,23H,5-6,11H2,1-4H3. The van der Waals surface area contributed by atoms with Gasteiger partial charge in [-0.1, -0.05) is 11.6 Å². The van der Waals surface area contributed by atoms with E-state index in [1.165, 1.54) is 12.1 Å². The van der Waals surface area contributed by atoms with E-state index in [4.69, 9.17) is 11.6 Å². The molecule has 1 N–H and O–H groups in total. The van der Waals surface area contributed by atoms with Gasteiger partial charge in [0.2, 0.25) is 10.0 Å². The van der Waals surface area contributed by atoms with Crippen LogP contribution in [0.4, 0.5) is 5.69 Å². The van der Waals surface area contributed by atoms with Crippen molar-refractivity contribution in [3.05, 3.63) is 58.1 Å². The fourth-order valence-electron chi connectivity index (χ4n) is 3.52. The molecule has 1 aliphatic rings. The number of nitrogens with zero attached hydrogens (tertiary/aromatic N) is 1. The van der Waals surface area contributed by atoms with Crippen LogP contribution in [-0.2, 0) is 16.4 Å². The zero-order valence-electron chi connectivity index (χ0n) is 16.5. The average Bonchev–Trinajstić information content (AvgIpc) is 2.58. The SMILES string of the molecule is Cc1cc(Cl)cc2c1N(C(=O)c1ccc(S(=O)(=O)NC(C)(C)C)cc1)CCC2. The summed E-state index contributed by atoms with van der Waals surface area (Å²) in [7, 11) is -3.64. The van der Waals surface area contributed by atoms with Crippen molar-refractivity contribution in [1.82, 2.24) is 4.72 Å². The summed E-state index contributed by atoms with van der Waals surface area (Å²) in [6.07, 6.45) is 1.75. The van der Waals surface area contributed by atoms with Crippen LogP contribution in [0.5, 0.6) is 0 Å². The number of nitrogens with one attached hydrogen (secondary N) is 1. The van der Waals surface area contributed by atoms with Crippen LogP contribution in [0.1, 0.15) is 48.7 Å². The first-order valence-electron chi connectivity index (χ1n) is 9.23. The summed E-state index contributed by atoms with van der Waals surface area (Å²) in [6.45, 7) is 7.92. The molecule has 150 valence electrons. The Bertz CT molecular complexity index is 1010. The van der Waals surface area contributed by atoms with Crippen LogP contribution < -0.4 is 9.62 Å². The van der Waals surface area contributed by atoms with Crippen LogP contribution in [0.2, 0.25) is 5.02 Å². The third-order valence-electron chi connectivity index (χ3n) is 4.54. The third kappa shape index (κ3) is 4.40. The second kappa shape index (κ2) is 7.50. The molecule has 5 nitrogen and oxygen atoms in total. The highest BCUT2D eigenvalue weighted by molar-refractivity contribution is 7.89. The van der Waals surface area contributed by atoms with E-state index in [2.05, 4.69) is 4.72 Å². The van der Waals surface area contributed by atoms with Crippen LogP contribution >= 0.6 is 11.6 Å². The maximum atomic E-state index is 13.1. The van der Waals surface area contributed by atoms with E-state index in [1.807, 2.05) is 19.1 Å². The van der Waals surface area contributed by atoms with Crippen molar-refractivity contribution in [1.29, 1.82) is 0 Å². The van der Waals surface area contributed by atoms with Gasteiger partial charge in [-0.3, -0.25) is 4.79 Å². The largest absolute Gasteiger partial charge is 0.308 e. The Labute approximate surface area is 171 Å². The summed E-state index contributed by atoms with van der Waals surface area (Å²) in [6, 6.07) is 9.86. The van der Waals surface area contributed by atoms with Gasteiger partial charge < -0.3 is 4.90 Å². The van der Waals surface area contributed by atoms with Crippen LogP contribution in [-0.4, -0.2) is 26.4 Å². The third-order valence-corrected chi connectivity index (χ3v) is 6.53. The summed E-state index contributed by atoms with van der Waals surface area (Å²) < 4.78 is 27.5. The maximum absolute atomic E-state index is 13.1. The number of anilines is 1. The molecule has 0 aromatic heterocycles. The van der Waals surface area contributed by atoms with E-state index in [0.29, 0.717) is 17.1 Å². The minimum atomic E-state index is -3.64. The Morgan fingerprint density at radius 1 is 1.14 bits per heavy atom. The number of benzene rings is 2. The smallest absolute Gasteiger partial charge is 0.258 e. The van der Waals surface area contributed by atoms with Gasteiger partial charge in [0.15, 0.2) is 0 Å². The second-order valence-electron chi connectivity index (χ2n) is 8.17. The van der Waals surface area contributed by atoms with E-state index >= 15 is 0 Å². The van der Waals surface area contributed by atoms with Gasteiger partial charge in [0.1, 0.15) is 0 Å². The van der Waals surface area contributed by atoms with Crippen LogP contribution in [0.15, 0.2) is 41.3 Å². The number of fused-ring (bicyclic) bond motifs is 1. The molecule has 1 aliphatic heterocycles. The van der Waals surface area contributed by atoms with Crippen molar-refractivity contribution < 1.29 is 13.2 Å². The lowest BCUT2D eigenvalue weighted by molar-refractivity contribution is 0.0985. The Morgan fingerprint density at radius 3 is 2.39 bits per heavy atom. The molecule has 7 heteroatoms. The molecule has 3 rings (SSSR count). The molecule has 0 aliphatic carbocycles. The zero-order chi connectivity index (χ0) is 20.7. The molecule has 0 radical (unpaired) electrons. The molecule has 2 aromatic carbocycles. The minimum absolute atomic E-state index is 0.140. The molecule has 0 fully saturated rings. The first-order valence-corrected chi connectivity index (χ1v) is 11.1. The molecular formula is C21H25ClN2O3S. The van der Waals surface area contributed by atoms with E-state index in [-0.39, 0.29) is 10.8 Å². The molecular weight excluding hydrogens is 396 g/mol. The number of hydrogen-bond donors (Lipinski definition) is 1. The van der Waals surface area contributed by atoms with Crippen molar-refractivity contribution in [2.45, 2.75) is 51.0 Å². The fourth-order valence-corrected chi connectivity index (χ4v) is 5.23. The predicted molar refractivity (Wildman–Crippen MR) is 113 cm³/mol. The molecule has 0 spiro atoms. The van der Waals surface area contributed by atoms with Crippen LogP contribution in [0.25, 0.3) is 0 Å². The quantitative estimate of drug-likeness (QED) is 0.804. The highest BCUT2D eigenvalue weighted by atomic mass is 35.5. The Morgan fingerprint density at radius 2 is 1.79 bits per heavy atom. The maximum Gasteiger partial charge on any atom is 0.258 e. The van der Waals surface area contributed by atoms with Gasteiger partial charge in [0.05, 0.1) is 10.6 Å². The Kier molecular flexibility index (Phi) is 5.58. The number of sulfonamides is 1. The van der Waals surface area contributed by atoms with Gasteiger partial charge in [-0.05, 0) is 88.1 Å². The van der Waals surface area contributed by atoms with Gasteiger partial charge in [-0.2, -0.15) is 0 Å². The molecule has 0 unspecified atom stereocenters. The lowest BCUT2D eigenvalue weighted by Gasteiger charge is -2.31. The van der Waals surface area contributed by atoms with Crippen molar-refractivity contribution in [2.24, 2.45) is 0 Å². The molecule has 1 amide bonds. The molecule has 2 aromatic rings. The zero-order valence-corrected chi connectivity index (χ0v) is 18.1. The predicted octanol–water partition coefficient (Wildman–Crippen LogP) is 4.32. The van der Waals surface area contributed by atoms with E-state index in [9.17, 15) is 13.2 Å². The topological polar surface area (TPSA) is 66.5 Å². The fraction of sp³-hybridized carbons (Fsp3) is 0.381. The number of halogens is 1. The molecule has 0 saturated heterocycles. The van der Waals surface area contributed by atoms with Crippen molar-refractivity contribution in [3.63, 3.8) is 0 Å². The molecule has 1 heterocycles. The summed E-state index contributed by atoms with van der Waals surface area (Å²) in [4.78, 5) is 15.0. The van der Waals surface area contributed by atoms with E-state index in [0.717, 1.165) is 29.7 Å². The number of amides is 1. The van der Waals surface area contributed by atoms with Crippen molar-refractivity contribution >= 4 is 33.2 Å². The molecule has 28 heavy (non-hydrogen) atoms. The molecule has 0 bridgehead atoms. The summed E-state index contributed by atoms with van der Waals surface area (Å²) in [5, 5.41) is 0.673.